The van der Waals surface area contributed by atoms with Crippen LogP contribution in [0.4, 0.5) is 17.1 Å². The second kappa shape index (κ2) is 10.7. The van der Waals surface area contributed by atoms with Crippen LogP contribution in [-0.4, -0.2) is 19.3 Å². The van der Waals surface area contributed by atoms with Crippen molar-refractivity contribution in [2.24, 2.45) is 7.05 Å². The van der Waals surface area contributed by atoms with Gasteiger partial charge in [0.15, 0.2) is 5.58 Å². The molecular formula is C43H29N5O. The molecule has 0 unspecified atom stereocenters. The smallest absolute Gasteiger partial charge is 0.160 e. The van der Waals surface area contributed by atoms with Gasteiger partial charge in [-0.2, -0.15) is 5.10 Å². The van der Waals surface area contributed by atoms with Gasteiger partial charge in [-0.25, -0.2) is 4.98 Å². The molecule has 0 fully saturated rings. The standard InChI is InChI=1S/C43H29N5O/c1-46-24-22-37(45-46)29-12-10-13-30(25-29)47(42-32-14-3-2-11-28(32)26-36-35-16-5-7-18-40(35)49-43(36)42)31-20-21-34-33-15-4-6-17-38(33)48(39(34)27-31)41-19-8-9-23-44-41/h2-27H,1H3. The SMILES string of the molecule is Cn1ccc(-c2cccc(N(c3ccc4c5ccccc5n(-c5ccccn5)c4c3)c3c4ccccc4cc4c3oc3ccccc34)c2)n1. The number of nitrogens with zero attached hydrogens (tertiary/aromatic N) is 5. The van der Waals surface area contributed by atoms with Crippen molar-refractivity contribution in [1.82, 2.24) is 19.3 Å². The number of hydrogen-bond donors (Lipinski definition) is 0. The lowest BCUT2D eigenvalue weighted by atomic mass is 10.0. The molecule has 232 valence electrons. The maximum atomic E-state index is 6.79. The minimum atomic E-state index is 0.841. The number of hydrogen-bond acceptors (Lipinski definition) is 4. The van der Waals surface area contributed by atoms with Gasteiger partial charge in [0.05, 0.1) is 22.4 Å². The Morgan fingerprint density at radius 2 is 1.37 bits per heavy atom. The van der Waals surface area contributed by atoms with Crippen LogP contribution in [-0.2, 0) is 7.05 Å². The Bertz CT molecular complexity index is 2860. The molecule has 0 bridgehead atoms. The van der Waals surface area contributed by atoms with Crippen LogP contribution in [0.25, 0.3) is 71.6 Å². The molecule has 0 aliphatic rings. The van der Waals surface area contributed by atoms with Crippen LogP contribution in [0.5, 0.6) is 0 Å². The first-order chi connectivity index (χ1) is 24.2. The fourth-order valence-electron chi connectivity index (χ4n) is 7.33. The van der Waals surface area contributed by atoms with Gasteiger partial charge in [-0.15, -0.1) is 0 Å². The molecule has 0 radical (unpaired) electrons. The molecule has 0 spiro atoms. The van der Waals surface area contributed by atoms with Gasteiger partial charge in [0.1, 0.15) is 11.4 Å². The molecule has 6 nitrogen and oxygen atoms in total. The molecule has 6 heteroatoms. The summed E-state index contributed by atoms with van der Waals surface area (Å²) in [6, 6.07) is 51.1. The average Bonchev–Trinajstić information content (AvgIpc) is 3.85. The summed E-state index contributed by atoms with van der Waals surface area (Å²) in [7, 11) is 1.95. The van der Waals surface area contributed by atoms with Gasteiger partial charge in [-0.3, -0.25) is 9.25 Å². The van der Waals surface area contributed by atoms with Crippen LogP contribution in [0.1, 0.15) is 0 Å². The lowest BCUT2D eigenvalue weighted by Gasteiger charge is -2.27. The van der Waals surface area contributed by atoms with Crippen molar-refractivity contribution in [3.05, 3.63) is 158 Å². The molecule has 10 aromatic rings. The highest BCUT2D eigenvalue weighted by Crippen LogP contribution is 2.48. The van der Waals surface area contributed by atoms with E-state index in [9.17, 15) is 0 Å². The van der Waals surface area contributed by atoms with E-state index in [1.165, 1.54) is 10.8 Å². The predicted octanol–water partition coefficient (Wildman–Crippen LogP) is 11.1. The van der Waals surface area contributed by atoms with Crippen LogP contribution in [0.15, 0.2) is 162 Å². The van der Waals surface area contributed by atoms with Crippen LogP contribution >= 0.6 is 0 Å². The summed E-state index contributed by atoms with van der Waals surface area (Å²) in [4.78, 5) is 7.14. The summed E-state index contributed by atoms with van der Waals surface area (Å²) in [6.07, 6.45) is 3.83. The van der Waals surface area contributed by atoms with Gasteiger partial charge in [-0.05, 0) is 66.0 Å². The summed E-state index contributed by atoms with van der Waals surface area (Å²) in [5, 5.41) is 11.5. The lowest BCUT2D eigenvalue weighted by molar-refractivity contribution is 0.669. The third-order valence-corrected chi connectivity index (χ3v) is 9.50. The van der Waals surface area contributed by atoms with Crippen LogP contribution < -0.4 is 4.90 Å². The Morgan fingerprint density at radius 3 is 2.22 bits per heavy atom. The van der Waals surface area contributed by atoms with Crippen molar-refractivity contribution in [2.45, 2.75) is 0 Å². The van der Waals surface area contributed by atoms with E-state index < -0.39 is 0 Å². The zero-order valence-electron chi connectivity index (χ0n) is 26.7. The minimum absolute atomic E-state index is 0.841. The molecule has 0 atom stereocenters. The predicted molar refractivity (Wildman–Crippen MR) is 200 cm³/mol. The first-order valence-electron chi connectivity index (χ1n) is 16.4. The molecule has 0 amide bonds. The molecule has 49 heavy (non-hydrogen) atoms. The molecule has 0 saturated carbocycles. The Morgan fingerprint density at radius 1 is 0.592 bits per heavy atom. The molecule has 10 rings (SSSR count). The van der Waals surface area contributed by atoms with Gasteiger partial charge in [0.2, 0.25) is 0 Å². The lowest BCUT2D eigenvalue weighted by Crippen LogP contribution is -2.11. The van der Waals surface area contributed by atoms with E-state index in [1.54, 1.807) is 0 Å². The van der Waals surface area contributed by atoms with Crippen molar-refractivity contribution in [2.75, 3.05) is 4.90 Å². The van der Waals surface area contributed by atoms with E-state index in [1.807, 2.05) is 48.4 Å². The molecule has 0 saturated heterocycles. The van der Waals surface area contributed by atoms with Gasteiger partial charge < -0.3 is 9.32 Å². The normalized spacial score (nSPS) is 11.8. The summed E-state index contributed by atoms with van der Waals surface area (Å²) >= 11 is 0. The van der Waals surface area contributed by atoms with Crippen molar-refractivity contribution >= 4 is 71.6 Å². The maximum absolute atomic E-state index is 6.79. The van der Waals surface area contributed by atoms with Gasteiger partial charge in [0, 0.05) is 63.3 Å². The zero-order valence-corrected chi connectivity index (χ0v) is 26.7. The highest BCUT2D eigenvalue weighted by Gasteiger charge is 2.24. The number of pyridine rings is 1. The van der Waals surface area contributed by atoms with Gasteiger partial charge in [-0.1, -0.05) is 84.9 Å². The number of fused-ring (bicyclic) bond motifs is 7. The Kier molecular flexibility index (Phi) is 5.99. The quantitative estimate of drug-likeness (QED) is 0.190. The average molecular weight is 632 g/mol. The molecule has 6 aromatic carbocycles. The highest BCUT2D eigenvalue weighted by molar-refractivity contribution is 6.20. The molecule has 0 N–H and O–H groups in total. The number of rotatable bonds is 5. The number of benzene rings is 6. The molecule has 4 aromatic heterocycles. The monoisotopic (exact) mass is 631 g/mol. The summed E-state index contributed by atoms with van der Waals surface area (Å²) < 4.78 is 10.9. The second-order valence-electron chi connectivity index (χ2n) is 12.4. The van der Waals surface area contributed by atoms with E-state index in [0.29, 0.717) is 0 Å². The van der Waals surface area contributed by atoms with Gasteiger partial charge in [0.25, 0.3) is 0 Å². The number of para-hydroxylation sites is 2. The third kappa shape index (κ3) is 4.27. The molecule has 0 aliphatic carbocycles. The topological polar surface area (TPSA) is 52.0 Å². The van der Waals surface area contributed by atoms with Gasteiger partial charge >= 0.3 is 0 Å². The number of aryl methyl sites for hydroxylation is 1. The first-order valence-corrected chi connectivity index (χ1v) is 16.4. The van der Waals surface area contributed by atoms with E-state index in [-0.39, 0.29) is 0 Å². The molecular weight excluding hydrogens is 603 g/mol. The van der Waals surface area contributed by atoms with E-state index >= 15 is 0 Å². The number of anilines is 3. The van der Waals surface area contributed by atoms with Crippen molar-refractivity contribution in [3.8, 4) is 17.1 Å². The van der Waals surface area contributed by atoms with Crippen LogP contribution in [0.3, 0.4) is 0 Å². The van der Waals surface area contributed by atoms with E-state index in [2.05, 4.69) is 131 Å². The summed E-state index contributed by atoms with van der Waals surface area (Å²) in [5.41, 5.74) is 8.84. The first kappa shape index (κ1) is 27.5. The molecule has 0 aliphatic heterocycles. The second-order valence-corrected chi connectivity index (χ2v) is 12.4. The van der Waals surface area contributed by atoms with E-state index in [4.69, 9.17) is 14.5 Å². The van der Waals surface area contributed by atoms with Crippen molar-refractivity contribution < 1.29 is 4.42 Å². The fraction of sp³-hybridized carbons (Fsp3) is 0.0233. The maximum Gasteiger partial charge on any atom is 0.160 e. The van der Waals surface area contributed by atoms with Crippen molar-refractivity contribution in [3.63, 3.8) is 0 Å². The highest BCUT2D eigenvalue weighted by atomic mass is 16.3. The minimum Gasteiger partial charge on any atom is -0.454 e. The Balaban J connectivity index is 1.32. The summed E-state index contributed by atoms with van der Waals surface area (Å²) in [6.45, 7) is 0. The Hall–Kier alpha value is -6.66. The fourth-order valence-corrected chi connectivity index (χ4v) is 7.33. The van der Waals surface area contributed by atoms with Crippen molar-refractivity contribution in [1.29, 1.82) is 0 Å². The summed E-state index contributed by atoms with van der Waals surface area (Å²) in [5.74, 6) is 0.874. The number of aromatic nitrogens is 4. The number of furan rings is 1. The Labute approximate surface area is 281 Å². The molecule has 4 heterocycles. The zero-order chi connectivity index (χ0) is 32.5. The van der Waals surface area contributed by atoms with Crippen LogP contribution in [0, 0.1) is 0 Å². The van der Waals surface area contributed by atoms with Crippen LogP contribution in [0.2, 0.25) is 0 Å². The third-order valence-electron chi connectivity index (χ3n) is 9.50. The largest absolute Gasteiger partial charge is 0.454 e. The van der Waals surface area contributed by atoms with E-state index in [0.717, 1.165) is 77.9 Å².